The van der Waals surface area contributed by atoms with Gasteiger partial charge in [-0.3, -0.25) is 4.79 Å². The van der Waals surface area contributed by atoms with Gasteiger partial charge >= 0.3 is 0 Å². The van der Waals surface area contributed by atoms with Crippen molar-refractivity contribution in [1.82, 2.24) is 5.32 Å². The van der Waals surface area contributed by atoms with Crippen LogP contribution in [0, 0.1) is 17.0 Å². The lowest BCUT2D eigenvalue weighted by atomic mass is 9.75. The van der Waals surface area contributed by atoms with E-state index in [0.717, 1.165) is 12.8 Å². The number of carbonyl (C=O) groups excluding carboxylic acids is 1. The third-order valence-corrected chi connectivity index (χ3v) is 5.55. The molecule has 0 atom stereocenters. The van der Waals surface area contributed by atoms with Crippen LogP contribution in [0.4, 0.5) is 8.78 Å². The minimum absolute atomic E-state index is 0.166. The van der Waals surface area contributed by atoms with Crippen LogP contribution >= 0.6 is 0 Å². The lowest BCUT2D eigenvalue weighted by Gasteiger charge is -2.34. The summed E-state index contributed by atoms with van der Waals surface area (Å²) in [7, 11) is 0. The maximum absolute atomic E-state index is 14.5. The normalized spacial score (nSPS) is 17.0. The molecule has 2 aromatic carbocycles. The van der Waals surface area contributed by atoms with E-state index in [1.54, 1.807) is 12.1 Å². The van der Waals surface area contributed by atoms with Crippen LogP contribution in [0.5, 0.6) is 0 Å². The van der Waals surface area contributed by atoms with E-state index in [0.29, 0.717) is 29.1 Å². The first-order valence-electron chi connectivity index (χ1n) is 9.37. The van der Waals surface area contributed by atoms with E-state index in [1.165, 1.54) is 37.1 Å². The summed E-state index contributed by atoms with van der Waals surface area (Å²) < 4.78 is 29.0. The molecule has 1 amide bonds. The fourth-order valence-electron chi connectivity index (χ4n) is 3.66. The number of hydrogen-bond acceptors (Lipinski definition) is 2. The summed E-state index contributed by atoms with van der Waals surface area (Å²) in [4.78, 5) is 11.3. The van der Waals surface area contributed by atoms with Crippen LogP contribution in [0.2, 0.25) is 0 Å². The second-order valence-corrected chi connectivity index (χ2v) is 8.16. The molecule has 3 N–H and O–H groups in total. The molecule has 0 heterocycles. The van der Waals surface area contributed by atoms with Crippen molar-refractivity contribution in [3.8, 4) is 11.1 Å². The second kappa shape index (κ2) is 7.77. The zero-order chi connectivity index (χ0) is 19.6. The number of rotatable bonds is 5. The van der Waals surface area contributed by atoms with E-state index < -0.39 is 11.7 Å². The van der Waals surface area contributed by atoms with Crippen LogP contribution in [0.15, 0.2) is 36.4 Å². The number of amides is 1. The van der Waals surface area contributed by atoms with Crippen LogP contribution in [-0.2, 0) is 6.54 Å². The molecular formula is C22H26F2N2O. The van der Waals surface area contributed by atoms with E-state index in [4.69, 9.17) is 5.73 Å². The number of nitrogens with one attached hydrogen (secondary N) is 1. The SMILES string of the molecule is CC1(C)CCC(NCc2ccc(-c3cccc(C(N)=O)c3F)cc2F)CC1. The zero-order valence-corrected chi connectivity index (χ0v) is 15.8. The van der Waals surface area contributed by atoms with Gasteiger partial charge in [0.15, 0.2) is 0 Å². The molecule has 2 aromatic rings. The minimum Gasteiger partial charge on any atom is -0.366 e. The summed E-state index contributed by atoms with van der Waals surface area (Å²) in [5, 5.41) is 3.44. The number of carbonyl (C=O) groups is 1. The Morgan fingerprint density at radius 2 is 1.89 bits per heavy atom. The molecule has 0 aliphatic heterocycles. The number of benzene rings is 2. The van der Waals surface area contributed by atoms with Gasteiger partial charge in [0.05, 0.1) is 5.56 Å². The van der Waals surface area contributed by atoms with Crippen LogP contribution < -0.4 is 11.1 Å². The molecule has 3 nitrogen and oxygen atoms in total. The predicted molar refractivity (Wildman–Crippen MR) is 103 cm³/mol. The monoisotopic (exact) mass is 372 g/mol. The van der Waals surface area contributed by atoms with Gasteiger partial charge in [0.25, 0.3) is 5.91 Å². The molecule has 1 fully saturated rings. The van der Waals surface area contributed by atoms with Crippen LogP contribution in [-0.4, -0.2) is 11.9 Å². The van der Waals surface area contributed by atoms with Gasteiger partial charge in [0.1, 0.15) is 11.6 Å². The highest BCUT2D eigenvalue weighted by Crippen LogP contribution is 2.35. The van der Waals surface area contributed by atoms with Gasteiger partial charge in [-0.25, -0.2) is 8.78 Å². The Morgan fingerprint density at radius 3 is 2.52 bits per heavy atom. The lowest BCUT2D eigenvalue weighted by Crippen LogP contribution is -2.35. The van der Waals surface area contributed by atoms with Crippen LogP contribution in [0.3, 0.4) is 0 Å². The summed E-state index contributed by atoms with van der Waals surface area (Å²) in [6.07, 6.45) is 4.53. The molecule has 1 aliphatic rings. The van der Waals surface area contributed by atoms with Crippen molar-refractivity contribution >= 4 is 5.91 Å². The van der Waals surface area contributed by atoms with Gasteiger partial charge in [0.2, 0.25) is 0 Å². The number of halogens is 2. The molecule has 0 radical (unpaired) electrons. The molecule has 3 rings (SSSR count). The summed E-state index contributed by atoms with van der Waals surface area (Å²) in [5.41, 5.74) is 6.49. The molecule has 144 valence electrons. The summed E-state index contributed by atoms with van der Waals surface area (Å²) in [6.45, 7) is 5.02. The van der Waals surface area contributed by atoms with Crippen molar-refractivity contribution in [2.45, 2.75) is 52.1 Å². The first-order valence-corrected chi connectivity index (χ1v) is 9.37. The highest BCUT2D eigenvalue weighted by Gasteiger charge is 2.26. The number of hydrogen-bond donors (Lipinski definition) is 2. The maximum Gasteiger partial charge on any atom is 0.251 e. The molecule has 0 unspecified atom stereocenters. The van der Waals surface area contributed by atoms with Crippen molar-refractivity contribution in [3.05, 3.63) is 59.2 Å². The summed E-state index contributed by atoms with van der Waals surface area (Å²) in [6, 6.07) is 9.43. The molecule has 0 spiro atoms. The fourth-order valence-corrected chi connectivity index (χ4v) is 3.66. The van der Waals surface area contributed by atoms with Crippen molar-refractivity contribution in [3.63, 3.8) is 0 Å². The molecule has 1 aliphatic carbocycles. The minimum atomic E-state index is -0.841. The van der Waals surface area contributed by atoms with E-state index >= 15 is 0 Å². The van der Waals surface area contributed by atoms with Gasteiger partial charge < -0.3 is 11.1 Å². The van der Waals surface area contributed by atoms with Crippen molar-refractivity contribution in [2.24, 2.45) is 11.1 Å². The summed E-state index contributed by atoms with van der Waals surface area (Å²) >= 11 is 0. The Balaban J connectivity index is 1.71. The van der Waals surface area contributed by atoms with Gasteiger partial charge in [-0.15, -0.1) is 0 Å². The number of nitrogens with two attached hydrogens (primary N) is 1. The highest BCUT2D eigenvalue weighted by atomic mass is 19.1. The first-order chi connectivity index (χ1) is 12.8. The Morgan fingerprint density at radius 1 is 1.19 bits per heavy atom. The third-order valence-electron chi connectivity index (χ3n) is 5.55. The number of primary amides is 1. The van der Waals surface area contributed by atoms with Crippen LogP contribution in [0.1, 0.15) is 55.5 Å². The highest BCUT2D eigenvalue weighted by molar-refractivity contribution is 5.94. The smallest absolute Gasteiger partial charge is 0.251 e. The molecule has 0 bridgehead atoms. The predicted octanol–water partition coefficient (Wildman–Crippen LogP) is 4.79. The van der Waals surface area contributed by atoms with E-state index in [1.807, 2.05) is 0 Å². The lowest BCUT2D eigenvalue weighted by molar-refractivity contribution is 0.0996. The second-order valence-electron chi connectivity index (χ2n) is 8.16. The van der Waals surface area contributed by atoms with Gasteiger partial charge in [0, 0.05) is 23.7 Å². The van der Waals surface area contributed by atoms with Gasteiger partial charge in [-0.1, -0.05) is 38.1 Å². The Kier molecular flexibility index (Phi) is 5.61. The molecule has 5 heteroatoms. The maximum atomic E-state index is 14.5. The topological polar surface area (TPSA) is 55.1 Å². The Hall–Kier alpha value is -2.27. The van der Waals surface area contributed by atoms with Crippen molar-refractivity contribution in [2.75, 3.05) is 0 Å². The van der Waals surface area contributed by atoms with E-state index in [9.17, 15) is 13.6 Å². The van der Waals surface area contributed by atoms with Crippen molar-refractivity contribution < 1.29 is 13.6 Å². The molecule has 0 aromatic heterocycles. The molecule has 0 saturated heterocycles. The first kappa shape index (κ1) is 19.5. The average molecular weight is 372 g/mol. The standard InChI is InChI=1S/C22H26F2N2O/c1-22(2)10-8-16(9-11-22)26-13-15-7-6-14(12-19(15)23)17-4-3-5-18(20(17)24)21(25)27/h3-7,12,16,26H,8-11,13H2,1-2H3,(H2,25,27). The Labute approximate surface area is 159 Å². The third kappa shape index (κ3) is 4.53. The van der Waals surface area contributed by atoms with Gasteiger partial charge in [-0.2, -0.15) is 0 Å². The van der Waals surface area contributed by atoms with E-state index in [2.05, 4.69) is 19.2 Å². The molecule has 1 saturated carbocycles. The molecular weight excluding hydrogens is 346 g/mol. The quantitative estimate of drug-likeness (QED) is 0.793. The van der Waals surface area contributed by atoms with Crippen molar-refractivity contribution in [1.29, 1.82) is 0 Å². The summed E-state index contributed by atoms with van der Waals surface area (Å²) in [5.74, 6) is -1.95. The largest absolute Gasteiger partial charge is 0.366 e. The average Bonchev–Trinajstić information content (AvgIpc) is 2.61. The Bertz CT molecular complexity index is 838. The van der Waals surface area contributed by atoms with Gasteiger partial charge in [-0.05, 0) is 48.8 Å². The van der Waals surface area contributed by atoms with Crippen LogP contribution in [0.25, 0.3) is 11.1 Å². The molecule has 27 heavy (non-hydrogen) atoms. The fraction of sp³-hybridized carbons (Fsp3) is 0.409. The zero-order valence-electron chi connectivity index (χ0n) is 15.8. The van der Waals surface area contributed by atoms with E-state index in [-0.39, 0.29) is 16.9 Å².